The van der Waals surface area contributed by atoms with Gasteiger partial charge in [-0.05, 0) is 32.0 Å². The van der Waals surface area contributed by atoms with Gasteiger partial charge in [0.2, 0.25) is 5.91 Å². The SMILES string of the molecule is CC(C)(C(=O)O)S(=O)(=O)Cc1cc(C(N)=O)ccc1F. The van der Waals surface area contributed by atoms with Crippen molar-refractivity contribution in [3.8, 4) is 0 Å². The van der Waals surface area contributed by atoms with E-state index in [4.69, 9.17) is 10.8 Å². The maximum atomic E-state index is 13.6. The number of carbonyl (C=O) groups is 2. The molecule has 0 saturated heterocycles. The number of hydrogen-bond acceptors (Lipinski definition) is 4. The van der Waals surface area contributed by atoms with Crippen molar-refractivity contribution in [1.29, 1.82) is 0 Å². The molecule has 110 valence electrons. The van der Waals surface area contributed by atoms with E-state index in [1.807, 2.05) is 0 Å². The fraction of sp³-hybridized carbons (Fsp3) is 0.333. The zero-order valence-corrected chi connectivity index (χ0v) is 11.7. The van der Waals surface area contributed by atoms with Crippen LogP contribution >= 0.6 is 0 Å². The van der Waals surface area contributed by atoms with Crippen LogP contribution in [0.4, 0.5) is 4.39 Å². The van der Waals surface area contributed by atoms with Gasteiger partial charge in [-0.3, -0.25) is 9.59 Å². The summed E-state index contributed by atoms with van der Waals surface area (Å²) in [4.78, 5) is 22.0. The molecule has 0 unspecified atom stereocenters. The van der Waals surface area contributed by atoms with Gasteiger partial charge in [-0.25, -0.2) is 12.8 Å². The highest BCUT2D eigenvalue weighted by Gasteiger charge is 2.42. The molecule has 3 N–H and O–H groups in total. The summed E-state index contributed by atoms with van der Waals surface area (Å²) in [5, 5.41) is 8.92. The first-order valence-electron chi connectivity index (χ1n) is 5.53. The average molecular weight is 303 g/mol. The van der Waals surface area contributed by atoms with E-state index in [0.29, 0.717) is 0 Å². The number of hydrogen-bond donors (Lipinski definition) is 2. The first-order chi connectivity index (χ1) is 8.99. The number of primary amides is 1. The Bertz CT molecular complexity index is 666. The molecule has 0 aliphatic heterocycles. The van der Waals surface area contributed by atoms with Gasteiger partial charge in [-0.1, -0.05) is 0 Å². The summed E-state index contributed by atoms with van der Waals surface area (Å²) in [6, 6.07) is 3.04. The molecule has 0 aliphatic carbocycles. The molecule has 6 nitrogen and oxygen atoms in total. The molecule has 0 heterocycles. The molecule has 1 aromatic carbocycles. The van der Waals surface area contributed by atoms with Gasteiger partial charge in [0.1, 0.15) is 5.82 Å². The number of aliphatic carboxylic acids is 1. The Morgan fingerprint density at radius 2 is 1.90 bits per heavy atom. The van der Waals surface area contributed by atoms with Gasteiger partial charge in [0.25, 0.3) is 0 Å². The zero-order valence-electron chi connectivity index (χ0n) is 10.9. The van der Waals surface area contributed by atoms with Gasteiger partial charge >= 0.3 is 5.97 Å². The number of sulfone groups is 1. The number of carboxylic acids is 1. The lowest BCUT2D eigenvalue weighted by Gasteiger charge is -2.20. The van der Waals surface area contributed by atoms with Crippen LogP contribution in [0.25, 0.3) is 0 Å². The van der Waals surface area contributed by atoms with E-state index in [0.717, 1.165) is 32.0 Å². The summed E-state index contributed by atoms with van der Waals surface area (Å²) in [5.74, 6) is -4.05. The molecule has 0 bridgehead atoms. The van der Waals surface area contributed by atoms with E-state index in [9.17, 15) is 22.4 Å². The average Bonchev–Trinajstić information content (AvgIpc) is 2.30. The Morgan fingerprint density at radius 3 is 2.35 bits per heavy atom. The van der Waals surface area contributed by atoms with Crippen molar-refractivity contribution in [2.24, 2.45) is 5.73 Å². The van der Waals surface area contributed by atoms with Crippen molar-refractivity contribution < 1.29 is 27.5 Å². The number of halogens is 1. The molecule has 8 heteroatoms. The summed E-state index contributed by atoms with van der Waals surface area (Å²) in [6.07, 6.45) is 0. The van der Waals surface area contributed by atoms with Crippen LogP contribution in [0.5, 0.6) is 0 Å². The summed E-state index contributed by atoms with van der Waals surface area (Å²) in [7, 11) is -4.17. The topological polar surface area (TPSA) is 115 Å². The number of carbonyl (C=O) groups excluding carboxylic acids is 1. The Balaban J connectivity index is 3.26. The lowest BCUT2D eigenvalue weighted by atomic mass is 10.1. The smallest absolute Gasteiger partial charge is 0.324 e. The van der Waals surface area contributed by atoms with E-state index >= 15 is 0 Å². The van der Waals surface area contributed by atoms with Gasteiger partial charge in [-0.2, -0.15) is 0 Å². The summed E-state index contributed by atoms with van der Waals surface area (Å²) in [5.41, 5.74) is 4.68. The maximum Gasteiger partial charge on any atom is 0.324 e. The number of carboxylic acid groups (broad SMARTS) is 1. The molecule has 0 fully saturated rings. The molecule has 20 heavy (non-hydrogen) atoms. The van der Waals surface area contributed by atoms with E-state index < -0.39 is 38.0 Å². The van der Waals surface area contributed by atoms with Crippen LogP contribution in [0.3, 0.4) is 0 Å². The Morgan fingerprint density at radius 1 is 1.35 bits per heavy atom. The third kappa shape index (κ3) is 2.96. The minimum atomic E-state index is -4.17. The van der Waals surface area contributed by atoms with E-state index in [1.165, 1.54) is 0 Å². The second-order valence-corrected chi connectivity index (χ2v) is 7.28. The molecule has 0 saturated carbocycles. The third-order valence-corrected chi connectivity index (χ3v) is 5.39. The first kappa shape index (κ1) is 16.1. The normalized spacial score (nSPS) is 12.2. The van der Waals surface area contributed by atoms with Gasteiger partial charge in [0, 0.05) is 11.1 Å². The number of rotatable bonds is 5. The number of amides is 1. The summed E-state index contributed by atoms with van der Waals surface area (Å²) >= 11 is 0. The molecule has 1 aromatic rings. The predicted molar refractivity (Wildman–Crippen MR) is 69.3 cm³/mol. The van der Waals surface area contributed by atoms with Crippen molar-refractivity contribution >= 4 is 21.7 Å². The van der Waals surface area contributed by atoms with E-state index in [1.54, 1.807) is 0 Å². The third-order valence-electron chi connectivity index (χ3n) is 2.97. The van der Waals surface area contributed by atoms with Crippen LogP contribution in [0, 0.1) is 5.82 Å². The van der Waals surface area contributed by atoms with E-state index in [-0.39, 0.29) is 11.1 Å². The maximum absolute atomic E-state index is 13.6. The fourth-order valence-corrected chi connectivity index (χ4v) is 2.61. The van der Waals surface area contributed by atoms with Gasteiger partial charge in [-0.15, -0.1) is 0 Å². The lowest BCUT2D eigenvalue weighted by Crippen LogP contribution is -2.41. The van der Waals surface area contributed by atoms with Crippen molar-refractivity contribution in [3.05, 3.63) is 35.1 Å². The Kier molecular flexibility index (Phi) is 4.18. The quantitative estimate of drug-likeness (QED) is 0.831. The van der Waals surface area contributed by atoms with Crippen LogP contribution in [0.2, 0.25) is 0 Å². The van der Waals surface area contributed by atoms with Crippen LogP contribution in [0.1, 0.15) is 29.8 Å². The monoisotopic (exact) mass is 303 g/mol. The summed E-state index contributed by atoms with van der Waals surface area (Å²) < 4.78 is 35.6. The number of benzene rings is 1. The van der Waals surface area contributed by atoms with Crippen LogP contribution in [-0.2, 0) is 20.4 Å². The van der Waals surface area contributed by atoms with E-state index in [2.05, 4.69) is 0 Å². The van der Waals surface area contributed by atoms with Crippen molar-refractivity contribution in [3.63, 3.8) is 0 Å². The van der Waals surface area contributed by atoms with Crippen LogP contribution in [0.15, 0.2) is 18.2 Å². The van der Waals surface area contributed by atoms with Crippen LogP contribution in [-0.4, -0.2) is 30.1 Å². The second kappa shape index (κ2) is 5.20. The Labute approximate surface area is 115 Å². The highest BCUT2D eigenvalue weighted by molar-refractivity contribution is 7.92. The van der Waals surface area contributed by atoms with Gasteiger partial charge in [0.05, 0.1) is 5.75 Å². The molecule has 0 aromatic heterocycles. The summed E-state index contributed by atoms with van der Waals surface area (Å²) in [6.45, 7) is 2.03. The van der Waals surface area contributed by atoms with Crippen molar-refractivity contribution in [2.75, 3.05) is 0 Å². The highest BCUT2D eigenvalue weighted by atomic mass is 32.2. The molecule has 1 rings (SSSR count). The fourth-order valence-electron chi connectivity index (χ4n) is 1.36. The molecular weight excluding hydrogens is 289 g/mol. The lowest BCUT2D eigenvalue weighted by molar-refractivity contribution is -0.139. The van der Waals surface area contributed by atoms with Crippen molar-refractivity contribution in [2.45, 2.75) is 24.3 Å². The zero-order chi connectivity index (χ0) is 15.7. The Hall–Kier alpha value is -1.96. The van der Waals surface area contributed by atoms with Gasteiger partial charge < -0.3 is 10.8 Å². The highest BCUT2D eigenvalue weighted by Crippen LogP contribution is 2.23. The minimum Gasteiger partial charge on any atom is -0.480 e. The van der Waals surface area contributed by atoms with Gasteiger partial charge in [0.15, 0.2) is 14.6 Å². The molecule has 0 spiro atoms. The molecule has 0 radical (unpaired) electrons. The molecular formula is C12H14FNO5S. The molecule has 0 atom stereocenters. The largest absolute Gasteiger partial charge is 0.480 e. The minimum absolute atomic E-state index is 0.0512. The predicted octanol–water partition coefficient (Wildman–Crippen LogP) is 0.703. The number of nitrogens with two attached hydrogens (primary N) is 1. The van der Waals surface area contributed by atoms with Crippen LogP contribution < -0.4 is 5.73 Å². The van der Waals surface area contributed by atoms with Crippen molar-refractivity contribution in [1.82, 2.24) is 0 Å². The molecule has 0 aliphatic rings. The first-order valence-corrected chi connectivity index (χ1v) is 7.18. The molecule has 1 amide bonds. The standard InChI is InChI=1S/C12H14FNO5S/c1-12(2,11(16)17)20(18,19)6-8-5-7(10(14)15)3-4-9(8)13/h3-5H,6H2,1-2H3,(H2,14,15)(H,16,17). The second-order valence-electron chi connectivity index (χ2n) is 4.74.